The second kappa shape index (κ2) is 8.03. The number of nitrogens with zero attached hydrogens (tertiary/aromatic N) is 2. The molecule has 1 atom stereocenters. The summed E-state index contributed by atoms with van der Waals surface area (Å²) in [6, 6.07) is 13.5. The molecule has 0 radical (unpaired) electrons. The molecule has 0 spiro atoms. The number of sulfonamides is 2. The summed E-state index contributed by atoms with van der Waals surface area (Å²) < 4.78 is 57.2. The van der Waals surface area contributed by atoms with Gasteiger partial charge >= 0.3 is 0 Å². The SMILES string of the molecule is CCS(=O)(=O)Nc1cccc(C2=NN(S(C)(=O)=O)C(c3cccc(OC)c3)C2)c1. The van der Waals surface area contributed by atoms with E-state index in [1.165, 1.54) is 0 Å². The zero-order chi connectivity index (χ0) is 21.2. The van der Waals surface area contributed by atoms with Crippen molar-refractivity contribution in [3.05, 3.63) is 59.7 Å². The van der Waals surface area contributed by atoms with Crippen molar-refractivity contribution in [1.82, 2.24) is 4.41 Å². The standard InChI is InChI=1S/C19H23N3O5S2/c1-4-29(25,26)21-16-9-5-7-14(11-16)18-13-19(22(20-18)28(3,23)24)15-8-6-10-17(12-15)27-2/h5-12,19,21H,4,13H2,1-3H3. The van der Waals surface area contributed by atoms with Gasteiger partial charge in [0.15, 0.2) is 0 Å². The van der Waals surface area contributed by atoms with Gasteiger partial charge in [-0.1, -0.05) is 24.3 Å². The molecule has 0 aliphatic carbocycles. The number of hydrogen-bond acceptors (Lipinski definition) is 6. The zero-order valence-corrected chi connectivity index (χ0v) is 18.0. The zero-order valence-electron chi connectivity index (χ0n) is 16.4. The fourth-order valence-electron chi connectivity index (χ4n) is 3.08. The van der Waals surface area contributed by atoms with Crippen LogP contribution in [0.15, 0.2) is 53.6 Å². The van der Waals surface area contributed by atoms with Gasteiger partial charge in [-0.25, -0.2) is 16.8 Å². The number of hydrazone groups is 1. The Hall–Kier alpha value is -2.59. The number of hydrogen-bond donors (Lipinski definition) is 1. The number of ether oxygens (including phenoxy) is 1. The van der Waals surface area contributed by atoms with Crippen LogP contribution in [0.4, 0.5) is 5.69 Å². The highest BCUT2D eigenvalue weighted by molar-refractivity contribution is 7.92. The lowest BCUT2D eigenvalue weighted by atomic mass is 9.99. The van der Waals surface area contributed by atoms with Crippen LogP contribution < -0.4 is 9.46 Å². The lowest BCUT2D eigenvalue weighted by Gasteiger charge is -2.21. The third-order valence-corrected chi connectivity index (χ3v) is 6.86. The van der Waals surface area contributed by atoms with Crippen LogP contribution in [-0.4, -0.2) is 46.1 Å². The van der Waals surface area contributed by atoms with Gasteiger partial charge in [-0.3, -0.25) is 4.72 Å². The molecule has 0 bridgehead atoms. The molecule has 2 aromatic rings. The molecule has 1 aliphatic rings. The van der Waals surface area contributed by atoms with Crippen molar-refractivity contribution in [1.29, 1.82) is 0 Å². The first kappa shape index (κ1) is 21.1. The summed E-state index contributed by atoms with van der Waals surface area (Å²) >= 11 is 0. The highest BCUT2D eigenvalue weighted by Crippen LogP contribution is 2.36. The van der Waals surface area contributed by atoms with Crippen molar-refractivity contribution in [2.45, 2.75) is 19.4 Å². The van der Waals surface area contributed by atoms with E-state index in [-0.39, 0.29) is 5.75 Å². The average Bonchev–Trinajstić information content (AvgIpc) is 3.14. The van der Waals surface area contributed by atoms with Gasteiger partial charge in [0.2, 0.25) is 20.0 Å². The van der Waals surface area contributed by atoms with Gasteiger partial charge in [-0.15, -0.1) is 0 Å². The minimum absolute atomic E-state index is 0.0437. The smallest absolute Gasteiger partial charge is 0.247 e. The van der Waals surface area contributed by atoms with Gasteiger partial charge in [0, 0.05) is 12.1 Å². The fraction of sp³-hybridized carbons (Fsp3) is 0.316. The summed E-state index contributed by atoms with van der Waals surface area (Å²) in [7, 11) is -5.48. The molecule has 1 N–H and O–H groups in total. The van der Waals surface area contributed by atoms with Crippen molar-refractivity contribution >= 4 is 31.4 Å². The average molecular weight is 438 g/mol. The minimum Gasteiger partial charge on any atom is -0.497 e. The maximum Gasteiger partial charge on any atom is 0.247 e. The fourth-order valence-corrected chi connectivity index (χ4v) is 4.62. The number of benzene rings is 2. The Morgan fingerprint density at radius 1 is 1.14 bits per heavy atom. The largest absolute Gasteiger partial charge is 0.497 e. The lowest BCUT2D eigenvalue weighted by Crippen LogP contribution is -2.25. The number of nitrogens with one attached hydrogen (secondary N) is 1. The molecule has 0 saturated heterocycles. The molecule has 0 aromatic heterocycles. The summed E-state index contributed by atoms with van der Waals surface area (Å²) in [5.74, 6) is 0.582. The van der Waals surface area contributed by atoms with Crippen LogP contribution in [-0.2, 0) is 20.0 Å². The molecule has 1 unspecified atom stereocenters. The van der Waals surface area contributed by atoms with E-state index in [2.05, 4.69) is 9.82 Å². The molecule has 10 heteroatoms. The van der Waals surface area contributed by atoms with Gasteiger partial charge in [-0.2, -0.15) is 9.52 Å². The number of anilines is 1. The van der Waals surface area contributed by atoms with Crippen molar-refractivity contribution < 1.29 is 21.6 Å². The Morgan fingerprint density at radius 3 is 2.52 bits per heavy atom. The molecule has 29 heavy (non-hydrogen) atoms. The quantitative estimate of drug-likeness (QED) is 0.717. The molecule has 3 rings (SSSR count). The van der Waals surface area contributed by atoms with Crippen molar-refractivity contribution in [2.24, 2.45) is 5.10 Å². The van der Waals surface area contributed by atoms with Crippen molar-refractivity contribution in [2.75, 3.05) is 23.8 Å². The monoisotopic (exact) mass is 437 g/mol. The Labute approximate surface area is 171 Å². The van der Waals surface area contributed by atoms with E-state index >= 15 is 0 Å². The van der Waals surface area contributed by atoms with Crippen LogP contribution in [0.5, 0.6) is 5.75 Å². The van der Waals surface area contributed by atoms with Crippen LogP contribution in [0.25, 0.3) is 0 Å². The topological polar surface area (TPSA) is 105 Å². The number of methoxy groups -OCH3 is 1. The summed E-state index contributed by atoms with van der Waals surface area (Å²) in [6.07, 6.45) is 1.46. The molecule has 0 fully saturated rings. The van der Waals surface area contributed by atoms with Crippen molar-refractivity contribution in [3.63, 3.8) is 0 Å². The Morgan fingerprint density at radius 2 is 1.86 bits per heavy atom. The van der Waals surface area contributed by atoms with E-state index < -0.39 is 26.1 Å². The normalized spacial score (nSPS) is 17.1. The second-order valence-electron chi connectivity index (χ2n) is 6.67. The van der Waals surface area contributed by atoms with Gasteiger partial charge < -0.3 is 4.74 Å². The highest BCUT2D eigenvalue weighted by Gasteiger charge is 2.34. The van der Waals surface area contributed by atoms with Crippen LogP contribution in [0.1, 0.15) is 30.5 Å². The first-order valence-corrected chi connectivity index (χ1v) is 12.4. The third-order valence-electron chi connectivity index (χ3n) is 4.54. The Bertz CT molecular complexity index is 1140. The Balaban J connectivity index is 1.97. The molecule has 156 valence electrons. The van der Waals surface area contributed by atoms with E-state index in [9.17, 15) is 16.8 Å². The predicted octanol–water partition coefficient (Wildman–Crippen LogP) is 2.57. The first-order chi connectivity index (χ1) is 13.6. The number of rotatable bonds is 7. The van der Waals surface area contributed by atoms with Crippen LogP contribution >= 0.6 is 0 Å². The van der Waals surface area contributed by atoms with E-state index in [1.54, 1.807) is 56.5 Å². The van der Waals surface area contributed by atoms with Crippen LogP contribution in [0.2, 0.25) is 0 Å². The molecular formula is C19H23N3O5S2. The highest BCUT2D eigenvalue weighted by atomic mass is 32.2. The van der Waals surface area contributed by atoms with Crippen LogP contribution in [0, 0.1) is 0 Å². The van der Waals surface area contributed by atoms with Gasteiger partial charge in [0.25, 0.3) is 0 Å². The predicted molar refractivity (Wildman–Crippen MR) is 113 cm³/mol. The lowest BCUT2D eigenvalue weighted by molar-refractivity contribution is 0.371. The van der Waals surface area contributed by atoms with Gasteiger partial charge in [-0.05, 0) is 42.3 Å². The second-order valence-corrected chi connectivity index (χ2v) is 10.5. The molecule has 8 nitrogen and oxygen atoms in total. The van der Waals surface area contributed by atoms with Gasteiger partial charge in [0.1, 0.15) is 5.75 Å². The molecule has 1 heterocycles. The van der Waals surface area contributed by atoms with Crippen LogP contribution in [0.3, 0.4) is 0 Å². The molecule has 0 saturated carbocycles. The molecular weight excluding hydrogens is 414 g/mol. The summed E-state index contributed by atoms with van der Waals surface area (Å²) in [5.41, 5.74) is 2.38. The first-order valence-electron chi connectivity index (χ1n) is 8.94. The van der Waals surface area contributed by atoms with Gasteiger partial charge in [0.05, 0.1) is 30.9 Å². The maximum atomic E-state index is 12.3. The van der Waals surface area contributed by atoms with E-state index in [4.69, 9.17) is 4.74 Å². The Kier molecular flexibility index (Phi) is 5.85. The maximum absolute atomic E-state index is 12.3. The minimum atomic E-state index is -3.61. The summed E-state index contributed by atoms with van der Waals surface area (Å²) in [6.45, 7) is 1.55. The molecule has 2 aromatic carbocycles. The molecule has 0 amide bonds. The summed E-state index contributed by atoms with van der Waals surface area (Å²) in [5, 5.41) is 4.34. The van der Waals surface area contributed by atoms with Crippen molar-refractivity contribution in [3.8, 4) is 5.75 Å². The molecule has 1 aliphatic heterocycles. The van der Waals surface area contributed by atoms with E-state index in [1.807, 2.05) is 6.07 Å². The van der Waals surface area contributed by atoms with E-state index in [0.29, 0.717) is 29.1 Å². The third kappa shape index (κ3) is 4.88. The van der Waals surface area contributed by atoms with E-state index in [0.717, 1.165) is 16.2 Å². The summed E-state index contributed by atoms with van der Waals surface area (Å²) in [4.78, 5) is 0.